The molecule has 2 aromatic heterocycles. The van der Waals surface area contributed by atoms with E-state index >= 15 is 0 Å². The zero-order valence-electron chi connectivity index (χ0n) is 11.2. The Labute approximate surface area is 111 Å². The Morgan fingerprint density at radius 3 is 2.95 bits per heavy atom. The van der Waals surface area contributed by atoms with Crippen molar-refractivity contribution in [1.82, 2.24) is 14.7 Å². The van der Waals surface area contributed by atoms with Gasteiger partial charge in [-0.05, 0) is 18.1 Å². The Morgan fingerprint density at radius 2 is 2.21 bits per heavy atom. The van der Waals surface area contributed by atoms with Gasteiger partial charge in [0.15, 0.2) is 0 Å². The summed E-state index contributed by atoms with van der Waals surface area (Å²) in [6, 6.07) is 3.02. The molecular formula is C14H18FN3O. The summed E-state index contributed by atoms with van der Waals surface area (Å²) in [5.74, 6) is 0.129. The number of halogens is 1. The van der Waals surface area contributed by atoms with Gasteiger partial charge < -0.3 is 9.72 Å². The predicted octanol–water partition coefficient (Wildman–Crippen LogP) is 2.18. The van der Waals surface area contributed by atoms with Crippen LogP contribution in [0, 0.1) is 11.7 Å². The number of amides is 1. The number of pyridine rings is 1. The molecule has 19 heavy (non-hydrogen) atoms. The van der Waals surface area contributed by atoms with E-state index in [4.69, 9.17) is 0 Å². The van der Waals surface area contributed by atoms with Gasteiger partial charge in [0, 0.05) is 31.8 Å². The van der Waals surface area contributed by atoms with Crippen LogP contribution >= 0.6 is 0 Å². The Kier molecular flexibility index (Phi) is 4.14. The fourth-order valence-corrected chi connectivity index (χ4v) is 1.91. The zero-order chi connectivity index (χ0) is 13.8. The van der Waals surface area contributed by atoms with Gasteiger partial charge in [-0.15, -0.1) is 0 Å². The summed E-state index contributed by atoms with van der Waals surface area (Å²) in [6.45, 7) is 4.57. The maximum Gasteiger partial charge on any atom is 0.220 e. The van der Waals surface area contributed by atoms with Gasteiger partial charge in [-0.2, -0.15) is 0 Å². The van der Waals surface area contributed by atoms with Crippen molar-refractivity contribution in [3.63, 3.8) is 0 Å². The van der Waals surface area contributed by atoms with Crippen molar-refractivity contribution < 1.29 is 9.18 Å². The van der Waals surface area contributed by atoms with Gasteiger partial charge in [0.25, 0.3) is 0 Å². The Hall–Kier alpha value is -1.91. The Balaban J connectivity index is 1.89. The van der Waals surface area contributed by atoms with Crippen molar-refractivity contribution in [1.29, 1.82) is 0 Å². The molecule has 0 saturated carbocycles. The van der Waals surface area contributed by atoms with Gasteiger partial charge in [-0.3, -0.25) is 4.79 Å². The molecule has 0 aliphatic carbocycles. The lowest BCUT2D eigenvalue weighted by Gasteiger charge is -2.05. The van der Waals surface area contributed by atoms with Crippen LogP contribution in [0.2, 0.25) is 0 Å². The number of fused-ring (bicyclic) bond motifs is 1. The van der Waals surface area contributed by atoms with Crippen molar-refractivity contribution >= 4 is 11.6 Å². The molecule has 0 fully saturated rings. The maximum atomic E-state index is 13.0. The number of hydrogen-bond donors (Lipinski definition) is 1. The highest BCUT2D eigenvalue weighted by Gasteiger charge is 2.06. The molecule has 0 radical (unpaired) electrons. The fourth-order valence-electron chi connectivity index (χ4n) is 1.91. The van der Waals surface area contributed by atoms with Crippen LogP contribution in [-0.2, 0) is 11.2 Å². The smallest absolute Gasteiger partial charge is 0.220 e. The van der Waals surface area contributed by atoms with E-state index in [1.807, 2.05) is 13.8 Å². The topological polar surface area (TPSA) is 46.4 Å². The minimum absolute atomic E-state index is 0.0600. The molecule has 0 saturated heterocycles. The first-order valence-electron chi connectivity index (χ1n) is 6.44. The molecule has 102 valence electrons. The summed E-state index contributed by atoms with van der Waals surface area (Å²) in [4.78, 5) is 15.8. The molecule has 0 aliphatic heterocycles. The largest absolute Gasteiger partial charge is 0.356 e. The molecule has 0 aromatic carbocycles. The molecule has 0 aliphatic rings. The van der Waals surface area contributed by atoms with E-state index in [0.29, 0.717) is 31.0 Å². The first-order chi connectivity index (χ1) is 9.04. The maximum absolute atomic E-state index is 13.0. The number of rotatable bonds is 5. The molecule has 0 bridgehead atoms. The monoisotopic (exact) mass is 263 g/mol. The van der Waals surface area contributed by atoms with E-state index in [-0.39, 0.29) is 11.7 Å². The first-order valence-corrected chi connectivity index (χ1v) is 6.44. The molecule has 2 rings (SSSR count). The standard InChI is InChI=1S/C14H18FN3O/c1-10(2)7-14(19)16-6-5-12-9-18-8-11(15)3-4-13(18)17-12/h3-4,8-10H,5-7H2,1-2H3,(H,16,19). The number of carbonyl (C=O) groups excluding carboxylic acids is 1. The predicted molar refractivity (Wildman–Crippen MR) is 71.3 cm³/mol. The molecule has 4 nitrogen and oxygen atoms in total. The number of hydrogen-bond acceptors (Lipinski definition) is 2. The van der Waals surface area contributed by atoms with Crippen LogP contribution < -0.4 is 5.32 Å². The number of aromatic nitrogens is 2. The lowest BCUT2D eigenvalue weighted by molar-refractivity contribution is -0.121. The van der Waals surface area contributed by atoms with Crippen molar-refractivity contribution in [2.45, 2.75) is 26.7 Å². The molecule has 0 unspecified atom stereocenters. The first kappa shape index (κ1) is 13.5. The molecule has 2 heterocycles. The number of imidazole rings is 1. The quantitative estimate of drug-likeness (QED) is 0.898. The summed E-state index contributed by atoms with van der Waals surface area (Å²) in [6.07, 6.45) is 4.36. The molecule has 1 N–H and O–H groups in total. The van der Waals surface area contributed by atoms with Crippen LogP contribution in [0.15, 0.2) is 24.5 Å². The number of carbonyl (C=O) groups is 1. The van der Waals surface area contributed by atoms with Crippen molar-refractivity contribution in [2.24, 2.45) is 5.92 Å². The summed E-state index contributed by atoms with van der Waals surface area (Å²) < 4.78 is 14.7. The molecule has 0 atom stereocenters. The van der Waals surface area contributed by atoms with Gasteiger partial charge in [0.1, 0.15) is 11.5 Å². The molecule has 0 spiro atoms. The Morgan fingerprint density at radius 1 is 1.42 bits per heavy atom. The number of nitrogens with one attached hydrogen (secondary N) is 1. The van der Waals surface area contributed by atoms with Crippen molar-refractivity contribution in [3.05, 3.63) is 36.0 Å². The second kappa shape index (κ2) is 5.82. The van der Waals surface area contributed by atoms with E-state index in [1.165, 1.54) is 12.3 Å². The van der Waals surface area contributed by atoms with Gasteiger partial charge in [0.05, 0.1) is 5.69 Å². The lowest BCUT2D eigenvalue weighted by atomic mass is 10.1. The fraction of sp³-hybridized carbons (Fsp3) is 0.429. The normalized spacial score (nSPS) is 11.2. The third-order valence-electron chi connectivity index (χ3n) is 2.76. The van der Waals surface area contributed by atoms with Crippen LogP contribution in [0.4, 0.5) is 4.39 Å². The summed E-state index contributed by atoms with van der Waals surface area (Å²) in [5, 5.41) is 2.86. The third kappa shape index (κ3) is 3.77. The van der Waals surface area contributed by atoms with Gasteiger partial charge >= 0.3 is 0 Å². The SMILES string of the molecule is CC(C)CC(=O)NCCc1cn2cc(F)ccc2n1. The third-order valence-corrected chi connectivity index (χ3v) is 2.76. The molecule has 5 heteroatoms. The van der Waals surface area contributed by atoms with Crippen LogP contribution in [-0.4, -0.2) is 21.8 Å². The Bertz CT molecular complexity index is 577. The van der Waals surface area contributed by atoms with E-state index in [2.05, 4.69) is 10.3 Å². The van der Waals surface area contributed by atoms with Crippen LogP contribution in [0.25, 0.3) is 5.65 Å². The number of nitrogens with zero attached hydrogens (tertiary/aromatic N) is 2. The minimum Gasteiger partial charge on any atom is -0.356 e. The molecule has 2 aromatic rings. The highest BCUT2D eigenvalue weighted by atomic mass is 19.1. The second-order valence-electron chi connectivity index (χ2n) is 5.04. The van der Waals surface area contributed by atoms with Gasteiger partial charge in [-0.25, -0.2) is 9.37 Å². The van der Waals surface area contributed by atoms with Gasteiger partial charge in [-0.1, -0.05) is 13.8 Å². The minimum atomic E-state index is -0.290. The molecular weight excluding hydrogens is 245 g/mol. The highest BCUT2D eigenvalue weighted by Crippen LogP contribution is 2.07. The van der Waals surface area contributed by atoms with E-state index in [1.54, 1.807) is 16.7 Å². The summed E-state index contributed by atoms with van der Waals surface area (Å²) in [7, 11) is 0. The lowest BCUT2D eigenvalue weighted by Crippen LogP contribution is -2.26. The van der Waals surface area contributed by atoms with E-state index in [9.17, 15) is 9.18 Å². The van der Waals surface area contributed by atoms with Crippen LogP contribution in [0.1, 0.15) is 26.0 Å². The van der Waals surface area contributed by atoms with E-state index in [0.717, 1.165) is 5.69 Å². The van der Waals surface area contributed by atoms with Crippen LogP contribution in [0.5, 0.6) is 0 Å². The van der Waals surface area contributed by atoms with E-state index < -0.39 is 0 Å². The van der Waals surface area contributed by atoms with Crippen molar-refractivity contribution in [3.8, 4) is 0 Å². The average Bonchev–Trinajstić information content (AvgIpc) is 2.69. The summed E-state index contributed by atoms with van der Waals surface area (Å²) >= 11 is 0. The molecule has 1 amide bonds. The van der Waals surface area contributed by atoms with Gasteiger partial charge in [0.2, 0.25) is 5.91 Å². The van der Waals surface area contributed by atoms with Crippen LogP contribution in [0.3, 0.4) is 0 Å². The summed E-state index contributed by atoms with van der Waals surface area (Å²) in [5.41, 5.74) is 1.56. The highest BCUT2D eigenvalue weighted by molar-refractivity contribution is 5.76. The second-order valence-corrected chi connectivity index (χ2v) is 5.04. The van der Waals surface area contributed by atoms with Crippen molar-refractivity contribution in [2.75, 3.05) is 6.54 Å². The zero-order valence-corrected chi connectivity index (χ0v) is 11.2. The average molecular weight is 263 g/mol.